The van der Waals surface area contributed by atoms with Crippen molar-refractivity contribution in [2.24, 2.45) is 4.99 Å². The predicted octanol–water partition coefficient (Wildman–Crippen LogP) is 0.795. The van der Waals surface area contributed by atoms with E-state index >= 15 is 0 Å². The van der Waals surface area contributed by atoms with Gasteiger partial charge in [0.1, 0.15) is 5.84 Å². The van der Waals surface area contributed by atoms with Crippen molar-refractivity contribution in [3.63, 3.8) is 0 Å². The van der Waals surface area contributed by atoms with Gasteiger partial charge >= 0.3 is 0 Å². The maximum absolute atomic E-state index is 4.92. The zero-order chi connectivity index (χ0) is 6.69. The summed E-state index contributed by atoms with van der Waals surface area (Å²) < 4.78 is 0. The molecule has 0 aliphatic carbocycles. The number of rotatable bonds is 1. The van der Waals surface area contributed by atoms with Gasteiger partial charge in [-0.2, -0.15) is 0 Å². The molecule has 1 heterocycles. The van der Waals surface area contributed by atoms with E-state index in [4.69, 9.17) is 4.84 Å². The molecule has 9 heavy (non-hydrogen) atoms. The number of aliphatic imine (C=N–C) groups is 1. The van der Waals surface area contributed by atoms with Crippen LogP contribution in [0, 0.1) is 0 Å². The number of hydroxylamine groups is 2. The number of hydrogen-bond acceptors (Lipinski definition) is 3. The van der Waals surface area contributed by atoms with Gasteiger partial charge < -0.3 is 0 Å². The summed E-state index contributed by atoms with van der Waals surface area (Å²) in [7, 11) is 1.62. The standard InChI is InChI=1S/C6H10N2O/c1-6-7-4-3-5-8(6)9-2/h3,5H,4H2,1-2H3. The van der Waals surface area contributed by atoms with Crippen molar-refractivity contribution < 1.29 is 4.84 Å². The van der Waals surface area contributed by atoms with Crippen molar-refractivity contribution in [1.82, 2.24) is 5.06 Å². The molecule has 0 bridgehead atoms. The number of hydrogen-bond donors (Lipinski definition) is 0. The Morgan fingerprint density at radius 3 is 3.00 bits per heavy atom. The average Bonchev–Trinajstić information content (AvgIpc) is 1.89. The van der Waals surface area contributed by atoms with Crippen molar-refractivity contribution in [3.05, 3.63) is 12.3 Å². The number of nitrogens with zero attached hydrogens (tertiary/aromatic N) is 2. The molecule has 0 fully saturated rings. The molecule has 3 heteroatoms. The van der Waals surface area contributed by atoms with E-state index in [0.29, 0.717) is 0 Å². The Balaban J connectivity index is 2.59. The van der Waals surface area contributed by atoms with Gasteiger partial charge in [-0.15, -0.1) is 0 Å². The molecule has 0 amide bonds. The molecular weight excluding hydrogens is 116 g/mol. The van der Waals surface area contributed by atoms with Crippen LogP contribution in [-0.4, -0.2) is 24.6 Å². The van der Waals surface area contributed by atoms with E-state index in [0.717, 1.165) is 12.4 Å². The second-order valence-corrected chi connectivity index (χ2v) is 1.78. The first-order chi connectivity index (χ1) is 4.34. The monoisotopic (exact) mass is 126 g/mol. The third-order valence-electron chi connectivity index (χ3n) is 1.18. The van der Waals surface area contributed by atoms with Gasteiger partial charge in [0.15, 0.2) is 0 Å². The summed E-state index contributed by atoms with van der Waals surface area (Å²) in [6, 6.07) is 0. The summed E-state index contributed by atoms with van der Waals surface area (Å²) in [4.78, 5) is 9.03. The van der Waals surface area contributed by atoms with Crippen LogP contribution in [0.2, 0.25) is 0 Å². The Hall–Kier alpha value is -0.830. The summed E-state index contributed by atoms with van der Waals surface area (Å²) in [6.45, 7) is 2.68. The zero-order valence-electron chi connectivity index (χ0n) is 5.66. The van der Waals surface area contributed by atoms with Gasteiger partial charge in [-0.05, 0) is 13.0 Å². The van der Waals surface area contributed by atoms with Crippen molar-refractivity contribution >= 4 is 5.84 Å². The van der Waals surface area contributed by atoms with Gasteiger partial charge in [-0.3, -0.25) is 9.83 Å². The maximum Gasteiger partial charge on any atom is 0.126 e. The highest BCUT2D eigenvalue weighted by molar-refractivity contribution is 5.80. The first-order valence-electron chi connectivity index (χ1n) is 2.85. The molecule has 0 saturated carbocycles. The highest BCUT2D eigenvalue weighted by atomic mass is 16.7. The minimum Gasteiger partial charge on any atom is -0.271 e. The Kier molecular flexibility index (Phi) is 1.85. The maximum atomic E-state index is 4.92. The Bertz CT molecular complexity index is 151. The smallest absolute Gasteiger partial charge is 0.126 e. The Labute approximate surface area is 54.6 Å². The summed E-state index contributed by atoms with van der Waals surface area (Å²) in [6.07, 6.45) is 3.80. The van der Waals surface area contributed by atoms with Gasteiger partial charge in [-0.1, -0.05) is 0 Å². The Morgan fingerprint density at radius 2 is 2.56 bits per heavy atom. The SMILES string of the molecule is CON1C=CCN=C1C. The van der Waals surface area contributed by atoms with Crippen LogP contribution in [0.3, 0.4) is 0 Å². The van der Waals surface area contributed by atoms with Crippen LogP contribution < -0.4 is 0 Å². The van der Waals surface area contributed by atoms with Crippen LogP contribution in [0.1, 0.15) is 6.92 Å². The molecule has 0 unspecified atom stereocenters. The third-order valence-corrected chi connectivity index (χ3v) is 1.18. The lowest BCUT2D eigenvalue weighted by Gasteiger charge is -2.18. The quantitative estimate of drug-likeness (QED) is 0.519. The molecule has 3 nitrogen and oxygen atoms in total. The van der Waals surface area contributed by atoms with E-state index in [9.17, 15) is 0 Å². The minimum absolute atomic E-state index is 0.770. The molecule has 0 N–H and O–H groups in total. The van der Waals surface area contributed by atoms with Crippen LogP contribution in [-0.2, 0) is 4.84 Å². The highest BCUT2D eigenvalue weighted by Crippen LogP contribution is 1.98. The topological polar surface area (TPSA) is 24.8 Å². The van der Waals surface area contributed by atoms with Gasteiger partial charge in [-0.25, -0.2) is 5.06 Å². The molecule has 0 aromatic carbocycles. The van der Waals surface area contributed by atoms with Crippen molar-refractivity contribution in [2.45, 2.75) is 6.92 Å². The fourth-order valence-corrected chi connectivity index (χ4v) is 0.698. The van der Waals surface area contributed by atoms with Crippen LogP contribution in [0.25, 0.3) is 0 Å². The summed E-state index contributed by atoms with van der Waals surface area (Å²) in [5, 5.41) is 1.63. The number of amidine groups is 1. The average molecular weight is 126 g/mol. The molecule has 0 radical (unpaired) electrons. The van der Waals surface area contributed by atoms with E-state index in [2.05, 4.69) is 4.99 Å². The predicted molar refractivity (Wildman–Crippen MR) is 36.0 cm³/mol. The first-order valence-corrected chi connectivity index (χ1v) is 2.85. The second-order valence-electron chi connectivity index (χ2n) is 1.78. The minimum atomic E-state index is 0.770. The van der Waals surface area contributed by atoms with Crippen molar-refractivity contribution in [1.29, 1.82) is 0 Å². The van der Waals surface area contributed by atoms with E-state index < -0.39 is 0 Å². The fourth-order valence-electron chi connectivity index (χ4n) is 0.698. The van der Waals surface area contributed by atoms with Gasteiger partial charge in [0.25, 0.3) is 0 Å². The van der Waals surface area contributed by atoms with Crippen LogP contribution in [0.4, 0.5) is 0 Å². The van der Waals surface area contributed by atoms with Crippen LogP contribution >= 0.6 is 0 Å². The van der Waals surface area contributed by atoms with E-state index in [1.54, 1.807) is 12.2 Å². The largest absolute Gasteiger partial charge is 0.271 e. The summed E-state index contributed by atoms with van der Waals surface area (Å²) >= 11 is 0. The van der Waals surface area contributed by atoms with Crippen molar-refractivity contribution in [2.75, 3.05) is 13.7 Å². The van der Waals surface area contributed by atoms with Crippen LogP contribution in [0.15, 0.2) is 17.3 Å². The normalized spacial score (nSPS) is 18.0. The summed E-state index contributed by atoms with van der Waals surface area (Å²) in [5.74, 6) is 0.903. The zero-order valence-corrected chi connectivity index (χ0v) is 5.66. The van der Waals surface area contributed by atoms with E-state index in [1.165, 1.54) is 0 Å². The summed E-state index contributed by atoms with van der Waals surface area (Å²) in [5.41, 5.74) is 0. The second kappa shape index (κ2) is 2.64. The lowest BCUT2D eigenvalue weighted by Crippen LogP contribution is -2.24. The molecule has 1 aliphatic heterocycles. The fraction of sp³-hybridized carbons (Fsp3) is 0.500. The van der Waals surface area contributed by atoms with Gasteiger partial charge in [0.2, 0.25) is 0 Å². The van der Waals surface area contributed by atoms with Crippen LogP contribution in [0.5, 0.6) is 0 Å². The van der Waals surface area contributed by atoms with Gasteiger partial charge in [0.05, 0.1) is 13.7 Å². The van der Waals surface area contributed by atoms with Gasteiger partial charge in [0, 0.05) is 6.20 Å². The molecule has 0 aromatic heterocycles. The molecule has 0 spiro atoms. The highest BCUT2D eigenvalue weighted by Gasteiger charge is 2.02. The molecular formula is C6H10N2O. The lowest BCUT2D eigenvalue weighted by atomic mass is 10.5. The molecule has 50 valence electrons. The van der Waals surface area contributed by atoms with E-state index in [-0.39, 0.29) is 0 Å². The Morgan fingerprint density at radius 1 is 1.78 bits per heavy atom. The molecule has 0 saturated heterocycles. The molecule has 1 rings (SSSR count). The lowest BCUT2D eigenvalue weighted by molar-refractivity contribution is -0.0233. The third kappa shape index (κ3) is 1.29. The molecule has 0 atom stereocenters. The first kappa shape index (κ1) is 6.29. The van der Waals surface area contributed by atoms with E-state index in [1.807, 2.05) is 19.2 Å². The molecule has 1 aliphatic rings. The van der Waals surface area contributed by atoms with Crippen molar-refractivity contribution in [3.8, 4) is 0 Å². The molecule has 0 aromatic rings.